The van der Waals surface area contributed by atoms with E-state index < -0.39 is 0 Å². The minimum absolute atomic E-state index is 0.227. The first-order chi connectivity index (χ1) is 9.27. The maximum absolute atomic E-state index is 6.33. The average molecular weight is 302 g/mol. The molecule has 0 aromatic carbocycles. The highest BCUT2D eigenvalue weighted by molar-refractivity contribution is 7.10. The van der Waals surface area contributed by atoms with Crippen molar-refractivity contribution in [3.63, 3.8) is 0 Å². The second-order valence-electron chi connectivity index (χ2n) is 5.27. The molecule has 0 aliphatic heterocycles. The van der Waals surface area contributed by atoms with Gasteiger partial charge < -0.3 is 10.1 Å². The second-order valence-corrected chi connectivity index (χ2v) is 6.62. The van der Waals surface area contributed by atoms with Crippen molar-refractivity contribution in [1.82, 2.24) is 5.32 Å². The van der Waals surface area contributed by atoms with Crippen LogP contribution in [-0.4, -0.2) is 19.8 Å². The molecule has 1 saturated carbocycles. The third-order valence-electron chi connectivity index (χ3n) is 4.07. The molecule has 0 bridgehead atoms. The molecule has 1 heterocycles. The van der Waals surface area contributed by atoms with Crippen LogP contribution in [0.15, 0.2) is 11.4 Å². The van der Waals surface area contributed by atoms with Gasteiger partial charge in [-0.1, -0.05) is 37.8 Å². The zero-order valence-corrected chi connectivity index (χ0v) is 13.4. The number of thiophene rings is 1. The Morgan fingerprint density at radius 3 is 2.68 bits per heavy atom. The summed E-state index contributed by atoms with van der Waals surface area (Å²) < 4.78 is 5.87. The first-order valence-electron chi connectivity index (χ1n) is 7.27. The SMILES string of the molecule is CCNC(c1sccc1Cl)C(OC)C1CCCCC1. The minimum Gasteiger partial charge on any atom is -0.379 e. The van der Waals surface area contributed by atoms with Crippen LogP contribution in [0.3, 0.4) is 0 Å². The quantitative estimate of drug-likeness (QED) is 0.826. The normalized spacial score (nSPS) is 20.4. The zero-order valence-electron chi connectivity index (χ0n) is 11.8. The van der Waals surface area contributed by atoms with Crippen LogP contribution in [0.4, 0.5) is 0 Å². The van der Waals surface area contributed by atoms with Crippen LogP contribution in [0.25, 0.3) is 0 Å². The fourth-order valence-electron chi connectivity index (χ4n) is 3.17. The molecule has 1 N–H and O–H groups in total. The van der Waals surface area contributed by atoms with Crippen molar-refractivity contribution >= 4 is 22.9 Å². The zero-order chi connectivity index (χ0) is 13.7. The van der Waals surface area contributed by atoms with E-state index in [2.05, 4.69) is 17.6 Å². The van der Waals surface area contributed by atoms with Crippen molar-refractivity contribution in [2.24, 2.45) is 5.92 Å². The molecule has 4 heteroatoms. The van der Waals surface area contributed by atoms with Crippen molar-refractivity contribution in [2.45, 2.75) is 51.2 Å². The van der Waals surface area contributed by atoms with Gasteiger partial charge in [-0.05, 0) is 36.8 Å². The number of nitrogens with one attached hydrogen (secondary N) is 1. The maximum Gasteiger partial charge on any atom is 0.0802 e. The Hall–Kier alpha value is -0.0900. The van der Waals surface area contributed by atoms with Crippen LogP contribution in [0.1, 0.15) is 49.9 Å². The minimum atomic E-state index is 0.227. The molecule has 1 aliphatic carbocycles. The molecule has 108 valence electrons. The molecule has 1 aromatic rings. The van der Waals surface area contributed by atoms with Gasteiger partial charge in [-0.3, -0.25) is 0 Å². The summed E-state index contributed by atoms with van der Waals surface area (Å²) in [5, 5.41) is 6.51. The third kappa shape index (κ3) is 3.72. The second kappa shape index (κ2) is 7.63. The van der Waals surface area contributed by atoms with Crippen LogP contribution >= 0.6 is 22.9 Å². The number of likely N-dealkylation sites (N-methyl/N-ethyl adjacent to an activating group) is 1. The van der Waals surface area contributed by atoms with E-state index in [1.165, 1.54) is 37.0 Å². The third-order valence-corrected chi connectivity index (χ3v) is 5.51. The van der Waals surface area contributed by atoms with Crippen LogP contribution in [0.5, 0.6) is 0 Å². The number of methoxy groups -OCH3 is 1. The van der Waals surface area contributed by atoms with Crippen molar-refractivity contribution in [1.29, 1.82) is 0 Å². The predicted molar refractivity (Wildman–Crippen MR) is 83.1 cm³/mol. The Morgan fingerprint density at radius 2 is 2.16 bits per heavy atom. The summed E-state index contributed by atoms with van der Waals surface area (Å²) in [5.41, 5.74) is 0. The average Bonchev–Trinajstić information content (AvgIpc) is 2.86. The summed E-state index contributed by atoms with van der Waals surface area (Å²) in [6.07, 6.45) is 6.84. The molecule has 2 rings (SSSR count). The molecule has 1 aromatic heterocycles. The predicted octanol–water partition coefficient (Wildman–Crippen LogP) is 4.65. The molecular weight excluding hydrogens is 278 g/mol. The molecule has 1 fully saturated rings. The first kappa shape index (κ1) is 15.3. The first-order valence-corrected chi connectivity index (χ1v) is 8.52. The topological polar surface area (TPSA) is 21.3 Å². The maximum atomic E-state index is 6.33. The Morgan fingerprint density at radius 1 is 1.42 bits per heavy atom. The monoisotopic (exact) mass is 301 g/mol. The number of halogens is 1. The summed E-state index contributed by atoms with van der Waals surface area (Å²) >= 11 is 8.06. The fraction of sp³-hybridized carbons (Fsp3) is 0.733. The summed E-state index contributed by atoms with van der Waals surface area (Å²) in [6, 6.07) is 2.21. The van der Waals surface area contributed by atoms with Crippen LogP contribution in [-0.2, 0) is 4.74 Å². The van der Waals surface area contributed by atoms with Gasteiger partial charge in [0.2, 0.25) is 0 Å². The Balaban J connectivity index is 2.17. The number of ether oxygens (including phenoxy) is 1. The summed E-state index contributed by atoms with van der Waals surface area (Å²) in [4.78, 5) is 1.22. The van der Waals surface area contributed by atoms with Crippen molar-refractivity contribution in [3.8, 4) is 0 Å². The highest BCUT2D eigenvalue weighted by Gasteiger charge is 2.32. The summed E-state index contributed by atoms with van der Waals surface area (Å²) in [6.45, 7) is 3.08. The molecule has 2 nitrogen and oxygen atoms in total. The smallest absolute Gasteiger partial charge is 0.0802 e. The number of rotatable bonds is 6. The van der Waals surface area contributed by atoms with E-state index in [9.17, 15) is 0 Å². The molecule has 0 radical (unpaired) electrons. The van der Waals surface area contributed by atoms with Gasteiger partial charge >= 0.3 is 0 Å². The van der Waals surface area contributed by atoms with Gasteiger partial charge in [0.1, 0.15) is 0 Å². The fourth-order valence-corrected chi connectivity index (χ4v) is 4.45. The van der Waals surface area contributed by atoms with Crippen molar-refractivity contribution < 1.29 is 4.74 Å². The van der Waals surface area contributed by atoms with Gasteiger partial charge in [-0.25, -0.2) is 0 Å². The molecule has 0 spiro atoms. The van der Waals surface area contributed by atoms with Gasteiger partial charge in [-0.15, -0.1) is 11.3 Å². The summed E-state index contributed by atoms with van der Waals surface area (Å²) in [7, 11) is 1.84. The summed E-state index contributed by atoms with van der Waals surface area (Å²) in [5.74, 6) is 0.654. The molecule has 2 atom stereocenters. The lowest BCUT2D eigenvalue weighted by molar-refractivity contribution is 0.00882. The van der Waals surface area contributed by atoms with Crippen molar-refractivity contribution in [3.05, 3.63) is 21.3 Å². The Bertz CT molecular complexity index is 376. The van der Waals surface area contributed by atoms with E-state index in [4.69, 9.17) is 16.3 Å². The van der Waals surface area contributed by atoms with E-state index in [-0.39, 0.29) is 12.1 Å². The van der Waals surface area contributed by atoms with Gasteiger partial charge in [0.15, 0.2) is 0 Å². The van der Waals surface area contributed by atoms with Gasteiger partial charge in [0.05, 0.1) is 17.2 Å². The van der Waals surface area contributed by atoms with Gasteiger partial charge in [-0.2, -0.15) is 0 Å². The highest BCUT2D eigenvalue weighted by atomic mass is 35.5. The molecule has 19 heavy (non-hydrogen) atoms. The van der Waals surface area contributed by atoms with Gasteiger partial charge in [0, 0.05) is 12.0 Å². The number of hydrogen-bond acceptors (Lipinski definition) is 3. The Labute approximate surface area is 125 Å². The Kier molecular flexibility index (Phi) is 6.14. The van der Waals surface area contributed by atoms with E-state index in [0.29, 0.717) is 5.92 Å². The molecular formula is C15H24ClNOS. The van der Waals surface area contributed by atoms with Gasteiger partial charge in [0.25, 0.3) is 0 Å². The molecule has 2 unspecified atom stereocenters. The number of hydrogen-bond donors (Lipinski definition) is 1. The lowest BCUT2D eigenvalue weighted by atomic mass is 9.82. The van der Waals surface area contributed by atoms with Crippen LogP contribution in [0.2, 0.25) is 5.02 Å². The van der Waals surface area contributed by atoms with E-state index in [1.54, 1.807) is 11.3 Å². The van der Waals surface area contributed by atoms with E-state index in [1.807, 2.05) is 13.2 Å². The molecule has 0 amide bonds. The molecule has 0 saturated heterocycles. The lowest BCUT2D eigenvalue weighted by Crippen LogP contribution is -2.38. The largest absolute Gasteiger partial charge is 0.379 e. The van der Waals surface area contributed by atoms with E-state index in [0.717, 1.165) is 11.6 Å². The van der Waals surface area contributed by atoms with Crippen LogP contribution in [0, 0.1) is 5.92 Å². The van der Waals surface area contributed by atoms with Crippen molar-refractivity contribution in [2.75, 3.05) is 13.7 Å². The lowest BCUT2D eigenvalue weighted by Gasteiger charge is -2.35. The highest BCUT2D eigenvalue weighted by Crippen LogP contribution is 2.38. The van der Waals surface area contributed by atoms with E-state index >= 15 is 0 Å². The van der Waals surface area contributed by atoms with Crippen LogP contribution < -0.4 is 5.32 Å². The molecule has 1 aliphatic rings. The standard InChI is InChI=1S/C15H24ClNOS/c1-3-17-13(15-12(16)9-10-19-15)14(18-2)11-7-5-4-6-8-11/h9-11,13-14,17H,3-8H2,1-2H3.